The SMILES string of the molecule is Nc1cc(Cl)cc(S(=O)(=O)N2CCn3cnnc3C2)c1Br. The average molecular weight is 393 g/mol. The topological polar surface area (TPSA) is 94.1 Å². The fraction of sp³-hybridized carbons (Fsp3) is 0.273. The molecule has 2 heterocycles. The van der Waals surface area contributed by atoms with Crippen LogP contribution in [0.4, 0.5) is 5.69 Å². The molecule has 7 nitrogen and oxygen atoms in total. The second-order valence-corrected chi connectivity index (χ2v) is 7.72. The monoisotopic (exact) mass is 391 g/mol. The number of hydrogen-bond acceptors (Lipinski definition) is 5. The van der Waals surface area contributed by atoms with Crippen molar-refractivity contribution in [2.24, 2.45) is 0 Å². The van der Waals surface area contributed by atoms with Crippen LogP contribution in [0.1, 0.15) is 5.82 Å². The summed E-state index contributed by atoms with van der Waals surface area (Å²) < 4.78 is 29.0. The Morgan fingerprint density at radius 2 is 2.10 bits per heavy atom. The quantitative estimate of drug-likeness (QED) is 0.781. The maximum absolute atomic E-state index is 12.8. The van der Waals surface area contributed by atoms with Crippen LogP contribution >= 0.6 is 27.5 Å². The summed E-state index contributed by atoms with van der Waals surface area (Å²) in [4.78, 5) is 0.0560. The minimum Gasteiger partial charge on any atom is -0.398 e. The first-order valence-electron chi connectivity index (χ1n) is 6.01. The van der Waals surface area contributed by atoms with Crippen molar-refractivity contribution < 1.29 is 8.42 Å². The fourth-order valence-corrected chi connectivity index (χ4v) is 4.80. The predicted molar refractivity (Wildman–Crippen MR) is 81.2 cm³/mol. The Kier molecular flexibility index (Phi) is 3.68. The Labute approximate surface area is 134 Å². The Morgan fingerprint density at radius 3 is 2.86 bits per heavy atom. The molecule has 0 spiro atoms. The first-order chi connectivity index (χ1) is 9.89. The summed E-state index contributed by atoms with van der Waals surface area (Å²) in [5.74, 6) is 0.607. The normalized spacial score (nSPS) is 15.9. The summed E-state index contributed by atoms with van der Waals surface area (Å²) in [5.41, 5.74) is 6.05. The fourth-order valence-electron chi connectivity index (χ4n) is 2.16. The molecule has 2 aromatic rings. The summed E-state index contributed by atoms with van der Waals surface area (Å²) in [7, 11) is -3.72. The van der Waals surface area contributed by atoms with Gasteiger partial charge in [0.05, 0.1) is 15.9 Å². The van der Waals surface area contributed by atoms with Gasteiger partial charge in [-0.25, -0.2) is 8.42 Å². The van der Waals surface area contributed by atoms with Gasteiger partial charge in [0.1, 0.15) is 12.2 Å². The van der Waals surface area contributed by atoms with Gasteiger partial charge in [0, 0.05) is 23.8 Å². The van der Waals surface area contributed by atoms with Crippen LogP contribution in [0, 0.1) is 0 Å². The number of benzene rings is 1. The number of fused-ring (bicyclic) bond motifs is 1. The van der Waals surface area contributed by atoms with Gasteiger partial charge in [0.15, 0.2) is 0 Å². The second kappa shape index (κ2) is 5.24. The minimum absolute atomic E-state index is 0.0560. The molecule has 1 aliphatic heterocycles. The molecule has 21 heavy (non-hydrogen) atoms. The Bertz CT molecular complexity index is 807. The molecule has 112 valence electrons. The third-order valence-corrected chi connectivity index (χ3v) is 6.49. The van der Waals surface area contributed by atoms with Crippen molar-refractivity contribution in [3.8, 4) is 0 Å². The molecule has 0 bridgehead atoms. The van der Waals surface area contributed by atoms with Crippen LogP contribution in [0.5, 0.6) is 0 Å². The zero-order valence-electron chi connectivity index (χ0n) is 10.7. The molecule has 0 amide bonds. The molecule has 0 radical (unpaired) electrons. The average Bonchev–Trinajstić information content (AvgIpc) is 2.89. The Morgan fingerprint density at radius 1 is 1.33 bits per heavy atom. The van der Waals surface area contributed by atoms with Gasteiger partial charge < -0.3 is 10.3 Å². The van der Waals surface area contributed by atoms with Crippen LogP contribution in [0.25, 0.3) is 0 Å². The van der Waals surface area contributed by atoms with E-state index in [4.69, 9.17) is 17.3 Å². The van der Waals surface area contributed by atoms with Gasteiger partial charge in [0.2, 0.25) is 10.0 Å². The highest BCUT2D eigenvalue weighted by Crippen LogP contribution is 2.34. The van der Waals surface area contributed by atoms with Crippen molar-refractivity contribution in [3.05, 3.63) is 33.8 Å². The van der Waals surface area contributed by atoms with Crippen molar-refractivity contribution in [3.63, 3.8) is 0 Å². The van der Waals surface area contributed by atoms with Crippen molar-refractivity contribution in [2.75, 3.05) is 12.3 Å². The number of nitrogen functional groups attached to an aromatic ring is 1. The molecular formula is C11H11BrClN5O2S. The summed E-state index contributed by atoms with van der Waals surface area (Å²) in [6, 6.07) is 2.88. The standard InChI is InChI=1S/C11H11BrClN5O2S/c12-11-8(14)3-7(13)4-9(11)21(19,20)18-2-1-17-6-15-16-10(17)5-18/h3-4,6H,1-2,5,14H2. The number of anilines is 1. The lowest BCUT2D eigenvalue weighted by Crippen LogP contribution is -2.38. The van der Waals surface area contributed by atoms with Crippen molar-refractivity contribution in [1.29, 1.82) is 0 Å². The lowest BCUT2D eigenvalue weighted by Gasteiger charge is -2.27. The molecule has 0 unspecified atom stereocenters. The van der Waals surface area contributed by atoms with E-state index < -0.39 is 10.0 Å². The molecule has 0 saturated carbocycles. The van der Waals surface area contributed by atoms with E-state index in [0.29, 0.717) is 23.4 Å². The third-order valence-electron chi connectivity index (χ3n) is 3.25. The van der Waals surface area contributed by atoms with Crippen molar-refractivity contribution in [1.82, 2.24) is 19.1 Å². The van der Waals surface area contributed by atoms with Crippen LogP contribution in [0.15, 0.2) is 27.8 Å². The number of rotatable bonds is 2. The largest absolute Gasteiger partial charge is 0.398 e. The van der Waals surface area contributed by atoms with E-state index in [9.17, 15) is 8.42 Å². The van der Waals surface area contributed by atoms with Crippen LogP contribution in [0.2, 0.25) is 5.02 Å². The number of nitrogens with two attached hydrogens (primary N) is 1. The predicted octanol–water partition coefficient (Wildman–Crippen LogP) is 1.48. The summed E-state index contributed by atoms with van der Waals surface area (Å²) in [6.07, 6.45) is 1.59. The first kappa shape index (κ1) is 14.8. The molecule has 1 aromatic heterocycles. The van der Waals surface area contributed by atoms with Crippen LogP contribution < -0.4 is 5.73 Å². The lowest BCUT2D eigenvalue weighted by atomic mass is 10.3. The van der Waals surface area contributed by atoms with Crippen LogP contribution in [0.3, 0.4) is 0 Å². The van der Waals surface area contributed by atoms with E-state index in [0.717, 1.165) is 0 Å². The van der Waals surface area contributed by atoms with E-state index in [1.54, 1.807) is 6.33 Å². The molecule has 0 atom stereocenters. The maximum atomic E-state index is 12.8. The van der Waals surface area contributed by atoms with Gasteiger partial charge in [-0.1, -0.05) is 11.6 Å². The van der Waals surface area contributed by atoms with E-state index in [1.165, 1.54) is 16.4 Å². The molecule has 2 N–H and O–H groups in total. The Balaban J connectivity index is 2.03. The number of nitrogens with zero attached hydrogens (tertiary/aromatic N) is 4. The van der Waals surface area contributed by atoms with Gasteiger partial charge >= 0.3 is 0 Å². The van der Waals surface area contributed by atoms with E-state index >= 15 is 0 Å². The molecule has 1 aliphatic rings. The molecule has 0 saturated heterocycles. The summed E-state index contributed by atoms with van der Waals surface area (Å²) in [5, 5.41) is 7.97. The van der Waals surface area contributed by atoms with Gasteiger partial charge in [-0.05, 0) is 28.1 Å². The van der Waals surface area contributed by atoms with Crippen molar-refractivity contribution >= 4 is 43.2 Å². The first-order valence-corrected chi connectivity index (χ1v) is 8.62. The molecule has 0 fully saturated rings. The molecular weight excluding hydrogens is 382 g/mol. The Hall–Kier alpha value is -1.16. The van der Waals surface area contributed by atoms with Crippen LogP contribution in [-0.4, -0.2) is 34.0 Å². The van der Waals surface area contributed by atoms with E-state index in [2.05, 4.69) is 26.1 Å². The molecule has 0 aliphatic carbocycles. The lowest BCUT2D eigenvalue weighted by molar-refractivity contribution is 0.335. The summed E-state index contributed by atoms with van der Waals surface area (Å²) in [6.45, 7) is 1.02. The zero-order chi connectivity index (χ0) is 15.2. The smallest absolute Gasteiger partial charge is 0.244 e. The number of aromatic nitrogens is 3. The van der Waals surface area contributed by atoms with Crippen LogP contribution in [-0.2, 0) is 23.1 Å². The van der Waals surface area contributed by atoms with Gasteiger partial charge in [-0.15, -0.1) is 10.2 Å². The highest BCUT2D eigenvalue weighted by atomic mass is 79.9. The summed E-state index contributed by atoms with van der Waals surface area (Å²) >= 11 is 9.14. The van der Waals surface area contributed by atoms with E-state index in [-0.39, 0.29) is 22.2 Å². The molecule has 10 heteroatoms. The number of sulfonamides is 1. The third kappa shape index (κ3) is 2.54. The second-order valence-electron chi connectivity index (χ2n) is 4.59. The van der Waals surface area contributed by atoms with Gasteiger partial charge in [-0.3, -0.25) is 0 Å². The van der Waals surface area contributed by atoms with Gasteiger partial charge in [-0.2, -0.15) is 4.31 Å². The minimum atomic E-state index is -3.72. The highest BCUT2D eigenvalue weighted by Gasteiger charge is 2.31. The van der Waals surface area contributed by atoms with Crippen molar-refractivity contribution in [2.45, 2.75) is 18.0 Å². The van der Waals surface area contributed by atoms with E-state index in [1.807, 2.05) is 4.57 Å². The molecule has 3 rings (SSSR count). The maximum Gasteiger partial charge on any atom is 0.244 e. The molecule has 1 aromatic carbocycles. The number of halogens is 2. The highest BCUT2D eigenvalue weighted by molar-refractivity contribution is 9.10. The number of hydrogen-bond donors (Lipinski definition) is 1. The van der Waals surface area contributed by atoms with Gasteiger partial charge in [0.25, 0.3) is 0 Å². The zero-order valence-corrected chi connectivity index (χ0v) is 13.9.